The van der Waals surface area contributed by atoms with Crippen molar-refractivity contribution in [1.29, 1.82) is 0 Å². The van der Waals surface area contributed by atoms with Crippen molar-refractivity contribution in [3.05, 3.63) is 28.3 Å². The fourth-order valence-corrected chi connectivity index (χ4v) is 1.80. The van der Waals surface area contributed by atoms with Gasteiger partial charge in [0, 0.05) is 31.0 Å². The molecule has 20 heavy (non-hydrogen) atoms. The molecule has 1 rings (SSSR count). The smallest absolute Gasteiger partial charge is 0.311 e. The number of nitrogens with one attached hydrogen (secondary N) is 1. The van der Waals surface area contributed by atoms with Crippen LogP contribution in [0.2, 0.25) is 0 Å². The van der Waals surface area contributed by atoms with Crippen LogP contribution in [-0.2, 0) is 4.74 Å². The van der Waals surface area contributed by atoms with Crippen molar-refractivity contribution in [2.45, 2.75) is 39.3 Å². The van der Waals surface area contributed by atoms with Gasteiger partial charge in [-0.3, -0.25) is 10.1 Å². The number of ether oxygens (including phenoxy) is 2. The molecule has 6 nitrogen and oxygen atoms in total. The fraction of sp³-hybridized carbons (Fsp3) is 0.571. The van der Waals surface area contributed by atoms with Crippen molar-refractivity contribution < 1.29 is 14.4 Å². The fourth-order valence-electron chi connectivity index (χ4n) is 1.80. The Morgan fingerprint density at radius 1 is 1.40 bits per heavy atom. The topological polar surface area (TPSA) is 73.6 Å². The third kappa shape index (κ3) is 4.70. The van der Waals surface area contributed by atoms with Gasteiger partial charge < -0.3 is 14.8 Å². The molecule has 0 aliphatic carbocycles. The lowest BCUT2D eigenvalue weighted by molar-refractivity contribution is -0.386. The van der Waals surface area contributed by atoms with Crippen molar-refractivity contribution >= 4 is 11.4 Å². The van der Waals surface area contributed by atoms with Crippen LogP contribution in [0, 0.1) is 10.1 Å². The first kappa shape index (κ1) is 16.2. The Labute approximate surface area is 119 Å². The zero-order valence-corrected chi connectivity index (χ0v) is 12.4. The van der Waals surface area contributed by atoms with E-state index in [1.807, 2.05) is 20.8 Å². The predicted octanol–water partition coefficient (Wildman–Crippen LogP) is 3.22. The van der Waals surface area contributed by atoms with Crippen molar-refractivity contribution in [2.24, 2.45) is 0 Å². The standard InChI is InChI=1S/C14H22N2O4/c1-5-11(9-19-4)15-12-6-7-13(16(17)18)14(8-12)20-10(2)3/h6-8,10-11,15H,5,9H2,1-4H3. The molecule has 0 aromatic heterocycles. The maximum Gasteiger partial charge on any atom is 0.311 e. The average molecular weight is 282 g/mol. The molecular weight excluding hydrogens is 260 g/mol. The van der Waals surface area contributed by atoms with E-state index in [1.165, 1.54) is 6.07 Å². The van der Waals surface area contributed by atoms with E-state index in [0.717, 1.165) is 12.1 Å². The molecule has 0 saturated heterocycles. The van der Waals surface area contributed by atoms with E-state index < -0.39 is 4.92 Å². The van der Waals surface area contributed by atoms with Gasteiger partial charge in [-0.2, -0.15) is 0 Å². The SMILES string of the molecule is CCC(COC)Nc1ccc([N+](=O)[O-])c(OC(C)C)c1. The van der Waals surface area contributed by atoms with Crippen molar-refractivity contribution in [2.75, 3.05) is 19.0 Å². The molecule has 0 spiro atoms. The molecule has 1 aromatic rings. The van der Waals surface area contributed by atoms with E-state index in [0.29, 0.717) is 6.61 Å². The summed E-state index contributed by atoms with van der Waals surface area (Å²) in [5.74, 6) is 0.280. The van der Waals surface area contributed by atoms with Crippen LogP contribution in [-0.4, -0.2) is 30.8 Å². The molecule has 0 heterocycles. The van der Waals surface area contributed by atoms with Gasteiger partial charge in [-0.1, -0.05) is 6.92 Å². The summed E-state index contributed by atoms with van der Waals surface area (Å²) in [5.41, 5.74) is 0.763. The Hall–Kier alpha value is -1.82. The van der Waals surface area contributed by atoms with Crippen LogP contribution in [0.1, 0.15) is 27.2 Å². The van der Waals surface area contributed by atoms with Gasteiger partial charge in [0.2, 0.25) is 0 Å². The van der Waals surface area contributed by atoms with Crippen molar-refractivity contribution in [3.63, 3.8) is 0 Å². The van der Waals surface area contributed by atoms with E-state index in [-0.39, 0.29) is 23.6 Å². The Balaban J connectivity index is 2.96. The quantitative estimate of drug-likeness (QED) is 0.585. The molecule has 0 fully saturated rings. The summed E-state index contributed by atoms with van der Waals surface area (Å²) < 4.78 is 10.6. The minimum absolute atomic E-state index is 0.0240. The monoisotopic (exact) mass is 282 g/mol. The highest BCUT2D eigenvalue weighted by molar-refractivity contribution is 5.58. The number of hydrogen-bond acceptors (Lipinski definition) is 5. The molecule has 1 N–H and O–H groups in total. The number of hydrogen-bond donors (Lipinski definition) is 1. The molecule has 0 amide bonds. The summed E-state index contributed by atoms with van der Waals surface area (Å²) in [7, 11) is 1.65. The third-order valence-corrected chi connectivity index (χ3v) is 2.75. The van der Waals surface area contributed by atoms with Gasteiger partial charge in [0.1, 0.15) is 0 Å². The second-order valence-electron chi connectivity index (χ2n) is 4.81. The van der Waals surface area contributed by atoms with Gasteiger partial charge in [0.05, 0.1) is 17.6 Å². The van der Waals surface area contributed by atoms with Crippen molar-refractivity contribution in [3.8, 4) is 5.75 Å². The Morgan fingerprint density at radius 2 is 2.10 bits per heavy atom. The lowest BCUT2D eigenvalue weighted by Crippen LogP contribution is -2.23. The average Bonchev–Trinajstić information content (AvgIpc) is 2.37. The molecule has 0 aliphatic heterocycles. The number of nitro groups is 1. The highest BCUT2D eigenvalue weighted by Gasteiger charge is 2.17. The Bertz CT molecular complexity index is 449. The lowest BCUT2D eigenvalue weighted by atomic mass is 10.2. The summed E-state index contributed by atoms with van der Waals surface area (Å²) in [6, 6.07) is 4.97. The van der Waals surface area contributed by atoms with Crippen molar-refractivity contribution in [1.82, 2.24) is 0 Å². The Kier molecular flexibility index (Phi) is 6.24. The van der Waals surface area contributed by atoms with Gasteiger partial charge in [-0.15, -0.1) is 0 Å². The van der Waals surface area contributed by atoms with Gasteiger partial charge in [0.25, 0.3) is 0 Å². The highest BCUT2D eigenvalue weighted by Crippen LogP contribution is 2.31. The zero-order valence-electron chi connectivity index (χ0n) is 12.4. The van der Waals surface area contributed by atoms with Gasteiger partial charge in [0.15, 0.2) is 5.75 Å². The van der Waals surface area contributed by atoms with Crippen LogP contribution in [0.5, 0.6) is 5.75 Å². The summed E-state index contributed by atoms with van der Waals surface area (Å²) in [6.45, 7) is 6.30. The van der Waals surface area contributed by atoms with Crippen LogP contribution in [0.3, 0.4) is 0 Å². The molecule has 1 atom stereocenters. The maximum atomic E-state index is 11.0. The predicted molar refractivity (Wildman–Crippen MR) is 78.4 cm³/mol. The molecular formula is C14H22N2O4. The molecule has 0 bridgehead atoms. The van der Waals surface area contributed by atoms with Crippen LogP contribution < -0.4 is 10.1 Å². The van der Waals surface area contributed by atoms with E-state index >= 15 is 0 Å². The van der Waals surface area contributed by atoms with Gasteiger partial charge in [-0.05, 0) is 26.3 Å². The van der Waals surface area contributed by atoms with Gasteiger partial charge >= 0.3 is 5.69 Å². The van der Waals surface area contributed by atoms with E-state index in [2.05, 4.69) is 5.32 Å². The number of nitrogens with zero attached hydrogens (tertiary/aromatic N) is 1. The molecule has 1 unspecified atom stereocenters. The van der Waals surface area contributed by atoms with Crippen LogP contribution >= 0.6 is 0 Å². The summed E-state index contributed by atoms with van der Waals surface area (Å²) >= 11 is 0. The molecule has 0 saturated carbocycles. The zero-order chi connectivity index (χ0) is 15.1. The first-order chi connectivity index (χ1) is 9.47. The first-order valence-corrected chi connectivity index (χ1v) is 6.68. The summed E-state index contributed by atoms with van der Waals surface area (Å²) in [5, 5.41) is 14.3. The largest absolute Gasteiger partial charge is 0.484 e. The second-order valence-corrected chi connectivity index (χ2v) is 4.81. The number of benzene rings is 1. The van der Waals surface area contributed by atoms with E-state index in [9.17, 15) is 10.1 Å². The number of rotatable bonds is 8. The molecule has 1 aromatic carbocycles. The second kappa shape index (κ2) is 7.69. The first-order valence-electron chi connectivity index (χ1n) is 6.68. The Morgan fingerprint density at radius 3 is 2.60 bits per heavy atom. The van der Waals surface area contributed by atoms with Crippen LogP contribution in [0.4, 0.5) is 11.4 Å². The minimum Gasteiger partial charge on any atom is -0.484 e. The number of nitro benzene ring substituents is 1. The lowest BCUT2D eigenvalue weighted by Gasteiger charge is -2.18. The number of methoxy groups -OCH3 is 1. The minimum atomic E-state index is -0.437. The third-order valence-electron chi connectivity index (χ3n) is 2.75. The molecule has 6 heteroatoms. The molecule has 0 aliphatic rings. The summed E-state index contributed by atoms with van der Waals surface area (Å²) in [4.78, 5) is 10.5. The van der Waals surface area contributed by atoms with Gasteiger partial charge in [-0.25, -0.2) is 0 Å². The van der Waals surface area contributed by atoms with Crippen LogP contribution in [0.25, 0.3) is 0 Å². The normalized spacial score (nSPS) is 12.2. The maximum absolute atomic E-state index is 11.0. The summed E-state index contributed by atoms with van der Waals surface area (Å²) in [6.07, 6.45) is 0.774. The molecule has 0 radical (unpaired) electrons. The van der Waals surface area contributed by atoms with E-state index in [4.69, 9.17) is 9.47 Å². The highest BCUT2D eigenvalue weighted by atomic mass is 16.6. The van der Waals surface area contributed by atoms with Crippen LogP contribution in [0.15, 0.2) is 18.2 Å². The molecule has 112 valence electrons. The van der Waals surface area contributed by atoms with E-state index in [1.54, 1.807) is 19.2 Å². The number of anilines is 1.